The van der Waals surface area contributed by atoms with Crippen molar-refractivity contribution in [3.8, 4) is 5.75 Å². The SMILES string of the molecule is Cc1cc([N+](=O)[O-])cc(S(N)(=O)=O)c1OCCC1CC1. The normalized spacial score (nSPS) is 15.1. The lowest BCUT2D eigenvalue weighted by atomic mass is 10.2. The molecule has 0 amide bonds. The molecule has 0 aromatic heterocycles. The monoisotopic (exact) mass is 300 g/mol. The Bertz CT molecular complexity index is 637. The number of hydrogen-bond acceptors (Lipinski definition) is 5. The van der Waals surface area contributed by atoms with Crippen LogP contribution in [0.1, 0.15) is 24.8 Å². The van der Waals surface area contributed by atoms with Crippen LogP contribution >= 0.6 is 0 Å². The van der Waals surface area contributed by atoms with Crippen LogP contribution < -0.4 is 9.88 Å². The van der Waals surface area contributed by atoms with Crippen LogP contribution in [-0.2, 0) is 10.0 Å². The second-order valence-corrected chi connectivity index (χ2v) is 6.50. The molecule has 0 atom stereocenters. The predicted molar refractivity (Wildman–Crippen MR) is 72.0 cm³/mol. The van der Waals surface area contributed by atoms with Crippen molar-refractivity contribution in [1.29, 1.82) is 0 Å². The van der Waals surface area contributed by atoms with Crippen LogP contribution in [0.15, 0.2) is 17.0 Å². The molecule has 1 aliphatic carbocycles. The van der Waals surface area contributed by atoms with Crippen LogP contribution in [-0.4, -0.2) is 19.9 Å². The van der Waals surface area contributed by atoms with Crippen LogP contribution in [0.2, 0.25) is 0 Å². The first kappa shape index (κ1) is 14.7. The van der Waals surface area contributed by atoms with Gasteiger partial charge in [-0.2, -0.15) is 0 Å². The fourth-order valence-electron chi connectivity index (χ4n) is 1.96. The van der Waals surface area contributed by atoms with E-state index in [0.717, 1.165) is 12.5 Å². The molecule has 7 nitrogen and oxygen atoms in total. The van der Waals surface area contributed by atoms with E-state index in [1.807, 2.05) is 0 Å². The molecule has 20 heavy (non-hydrogen) atoms. The highest BCUT2D eigenvalue weighted by atomic mass is 32.2. The first-order chi connectivity index (χ1) is 9.29. The van der Waals surface area contributed by atoms with Gasteiger partial charge in [0.05, 0.1) is 11.5 Å². The minimum absolute atomic E-state index is 0.110. The van der Waals surface area contributed by atoms with Crippen molar-refractivity contribution >= 4 is 15.7 Å². The summed E-state index contributed by atoms with van der Waals surface area (Å²) < 4.78 is 28.6. The van der Waals surface area contributed by atoms with E-state index in [1.54, 1.807) is 6.92 Å². The van der Waals surface area contributed by atoms with Crippen molar-refractivity contribution in [3.63, 3.8) is 0 Å². The van der Waals surface area contributed by atoms with Crippen molar-refractivity contribution in [2.24, 2.45) is 11.1 Å². The molecule has 0 heterocycles. The number of nitro groups is 1. The van der Waals surface area contributed by atoms with Crippen molar-refractivity contribution in [1.82, 2.24) is 0 Å². The van der Waals surface area contributed by atoms with Gasteiger partial charge >= 0.3 is 0 Å². The highest BCUT2D eigenvalue weighted by molar-refractivity contribution is 7.89. The molecule has 0 saturated heterocycles. The van der Waals surface area contributed by atoms with Gasteiger partial charge in [0, 0.05) is 12.1 Å². The van der Waals surface area contributed by atoms with E-state index < -0.39 is 14.9 Å². The summed E-state index contributed by atoms with van der Waals surface area (Å²) in [5.41, 5.74) is 0.0695. The Labute approximate surface area is 116 Å². The molecule has 0 spiro atoms. The standard InChI is InChI=1S/C12H16N2O5S/c1-8-6-10(14(15)16)7-11(20(13,17)18)12(8)19-5-4-9-2-3-9/h6-7,9H,2-5H2,1H3,(H2,13,17,18). The summed E-state index contributed by atoms with van der Waals surface area (Å²) in [5.74, 6) is 0.755. The molecular formula is C12H16N2O5S. The van der Waals surface area contributed by atoms with Gasteiger partial charge in [-0.05, 0) is 24.8 Å². The van der Waals surface area contributed by atoms with Crippen molar-refractivity contribution in [3.05, 3.63) is 27.8 Å². The molecule has 2 rings (SSSR count). The number of primary sulfonamides is 1. The zero-order valence-electron chi connectivity index (χ0n) is 11.0. The molecule has 1 aromatic carbocycles. The van der Waals surface area contributed by atoms with Gasteiger partial charge in [0.25, 0.3) is 5.69 Å². The number of nitrogens with zero attached hydrogens (tertiary/aromatic N) is 1. The quantitative estimate of drug-likeness (QED) is 0.635. The molecule has 1 fully saturated rings. The lowest BCUT2D eigenvalue weighted by Crippen LogP contribution is -2.15. The van der Waals surface area contributed by atoms with Gasteiger partial charge < -0.3 is 4.74 Å². The van der Waals surface area contributed by atoms with Gasteiger partial charge in [-0.1, -0.05) is 12.8 Å². The Hall–Kier alpha value is -1.67. The summed E-state index contributed by atoms with van der Waals surface area (Å²) >= 11 is 0. The van der Waals surface area contributed by atoms with Crippen LogP contribution in [0, 0.1) is 23.0 Å². The summed E-state index contributed by atoms with van der Waals surface area (Å²) in [5, 5.41) is 15.9. The summed E-state index contributed by atoms with van der Waals surface area (Å²) in [6.07, 6.45) is 3.19. The molecule has 0 bridgehead atoms. The number of benzene rings is 1. The van der Waals surface area contributed by atoms with Crippen LogP contribution in [0.4, 0.5) is 5.69 Å². The molecule has 1 saturated carbocycles. The molecule has 110 valence electrons. The average Bonchev–Trinajstić information content (AvgIpc) is 3.13. The summed E-state index contributed by atoms with van der Waals surface area (Å²) in [7, 11) is -4.08. The van der Waals surface area contributed by atoms with E-state index in [-0.39, 0.29) is 16.3 Å². The Balaban J connectivity index is 2.34. The maximum absolute atomic E-state index is 11.6. The Morgan fingerprint density at radius 3 is 2.60 bits per heavy atom. The van der Waals surface area contributed by atoms with Crippen LogP contribution in [0.25, 0.3) is 0 Å². The van der Waals surface area contributed by atoms with Crippen LogP contribution in [0.5, 0.6) is 5.75 Å². The first-order valence-electron chi connectivity index (χ1n) is 6.23. The van der Waals surface area contributed by atoms with E-state index >= 15 is 0 Å². The third kappa shape index (κ3) is 3.45. The summed E-state index contributed by atoms with van der Waals surface area (Å²) in [6.45, 7) is 1.94. The highest BCUT2D eigenvalue weighted by Gasteiger charge is 2.24. The molecule has 0 unspecified atom stereocenters. The number of ether oxygens (including phenoxy) is 1. The maximum Gasteiger partial charge on any atom is 0.271 e. The lowest BCUT2D eigenvalue weighted by Gasteiger charge is -2.12. The van der Waals surface area contributed by atoms with Gasteiger partial charge in [0.1, 0.15) is 10.6 Å². The van der Waals surface area contributed by atoms with E-state index in [1.165, 1.54) is 18.9 Å². The minimum atomic E-state index is -4.08. The molecule has 8 heteroatoms. The number of nitrogens with two attached hydrogens (primary N) is 1. The van der Waals surface area contributed by atoms with E-state index in [9.17, 15) is 18.5 Å². The number of aryl methyl sites for hydroxylation is 1. The van der Waals surface area contributed by atoms with E-state index in [0.29, 0.717) is 18.1 Å². The number of non-ortho nitro benzene ring substituents is 1. The van der Waals surface area contributed by atoms with E-state index in [4.69, 9.17) is 9.88 Å². The van der Waals surface area contributed by atoms with Crippen molar-refractivity contribution in [2.45, 2.75) is 31.1 Å². The van der Waals surface area contributed by atoms with Gasteiger partial charge in [0.2, 0.25) is 10.0 Å². The third-order valence-corrected chi connectivity index (χ3v) is 4.13. The first-order valence-corrected chi connectivity index (χ1v) is 7.78. The fraction of sp³-hybridized carbons (Fsp3) is 0.500. The zero-order valence-corrected chi connectivity index (χ0v) is 11.9. The molecule has 1 aliphatic rings. The van der Waals surface area contributed by atoms with Crippen LogP contribution in [0.3, 0.4) is 0 Å². The van der Waals surface area contributed by atoms with E-state index in [2.05, 4.69) is 0 Å². The van der Waals surface area contributed by atoms with Crippen molar-refractivity contribution < 1.29 is 18.1 Å². The molecule has 2 N–H and O–H groups in total. The molecule has 0 aliphatic heterocycles. The summed E-state index contributed by atoms with van der Waals surface area (Å²) in [6, 6.07) is 2.22. The Morgan fingerprint density at radius 2 is 2.10 bits per heavy atom. The average molecular weight is 300 g/mol. The van der Waals surface area contributed by atoms with Gasteiger partial charge in [-0.3, -0.25) is 10.1 Å². The zero-order chi connectivity index (χ0) is 14.9. The van der Waals surface area contributed by atoms with Gasteiger partial charge in [0.15, 0.2) is 0 Å². The predicted octanol–water partition coefficient (Wildman–Crippen LogP) is 1.73. The molecule has 0 radical (unpaired) electrons. The maximum atomic E-state index is 11.6. The molecule has 1 aromatic rings. The number of nitro benzene ring substituents is 1. The number of sulfonamides is 1. The van der Waals surface area contributed by atoms with Gasteiger partial charge in [-0.25, -0.2) is 13.6 Å². The highest BCUT2D eigenvalue weighted by Crippen LogP contribution is 2.35. The summed E-state index contributed by atoms with van der Waals surface area (Å²) in [4.78, 5) is 9.79. The smallest absolute Gasteiger partial charge is 0.271 e. The van der Waals surface area contributed by atoms with Crippen molar-refractivity contribution in [2.75, 3.05) is 6.61 Å². The fourth-order valence-corrected chi connectivity index (χ4v) is 2.72. The largest absolute Gasteiger partial charge is 0.492 e. The number of rotatable bonds is 6. The van der Waals surface area contributed by atoms with Gasteiger partial charge in [-0.15, -0.1) is 0 Å². The Morgan fingerprint density at radius 1 is 1.45 bits per heavy atom. The second kappa shape index (κ2) is 5.37. The Kier molecular flexibility index (Phi) is 3.96. The minimum Gasteiger partial charge on any atom is -0.492 e. The number of hydrogen-bond donors (Lipinski definition) is 1. The topological polar surface area (TPSA) is 113 Å². The third-order valence-electron chi connectivity index (χ3n) is 3.21. The molecular weight excluding hydrogens is 284 g/mol. The second-order valence-electron chi connectivity index (χ2n) is 4.97. The lowest BCUT2D eigenvalue weighted by molar-refractivity contribution is -0.385.